The number of carbonyl (C=O) groups excluding carboxylic acids is 1. The molecule has 0 radical (unpaired) electrons. The van der Waals surface area contributed by atoms with Crippen molar-refractivity contribution in [1.82, 2.24) is 10.6 Å². The highest BCUT2D eigenvalue weighted by atomic mass is 79.9. The smallest absolute Gasteiger partial charge is 0.336 e. The molecule has 142 valence electrons. The molecule has 1 aliphatic rings. The van der Waals surface area contributed by atoms with E-state index in [9.17, 15) is 18.0 Å². The van der Waals surface area contributed by atoms with Gasteiger partial charge in [0, 0.05) is 4.47 Å². The van der Waals surface area contributed by atoms with Crippen LogP contribution in [0.3, 0.4) is 0 Å². The zero-order valence-corrected chi connectivity index (χ0v) is 16.1. The number of carbonyl (C=O) groups is 1. The van der Waals surface area contributed by atoms with Gasteiger partial charge >= 0.3 is 6.18 Å². The molecule has 0 heterocycles. The summed E-state index contributed by atoms with van der Waals surface area (Å²) in [5.41, 5.74) is -0.886. The fourth-order valence-corrected chi connectivity index (χ4v) is 2.94. The van der Waals surface area contributed by atoms with E-state index in [2.05, 4.69) is 26.6 Å². The molecule has 1 amide bonds. The topological polar surface area (TPSA) is 64.9 Å². The van der Waals surface area contributed by atoms with Crippen LogP contribution in [0, 0.1) is 17.2 Å². The Morgan fingerprint density at radius 1 is 1.31 bits per heavy atom. The highest BCUT2D eigenvalue weighted by molar-refractivity contribution is 9.10. The Balaban J connectivity index is 2.23. The van der Waals surface area contributed by atoms with E-state index in [1.165, 1.54) is 24.3 Å². The minimum absolute atomic E-state index is 0.00860. The van der Waals surface area contributed by atoms with Crippen molar-refractivity contribution in [2.45, 2.75) is 56.9 Å². The second-order valence-electron chi connectivity index (χ2n) is 7.06. The van der Waals surface area contributed by atoms with E-state index in [0.717, 1.165) is 0 Å². The Kier molecular flexibility index (Phi) is 6.35. The average Bonchev–Trinajstić information content (AvgIpc) is 3.31. The molecule has 0 bridgehead atoms. The molecule has 0 spiro atoms. The first-order valence-electron chi connectivity index (χ1n) is 8.38. The lowest BCUT2D eigenvalue weighted by Gasteiger charge is -2.29. The maximum atomic E-state index is 13.6. The van der Waals surface area contributed by atoms with Crippen LogP contribution in [0.1, 0.15) is 44.7 Å². The maximum absolute atomic E-state index is 13.6. The zero-order valence-electron chi connectivity index (χ0n) is 14.5. The molecule has 2 N–H and O–H groups in total. The Hall–Kier alpha value is -1.59. The van der Waals surface area contributed by atoms with Gasteiger partial charge in [0.2, 0.25) is 5.91 Å². The first-order chi connectivity index (χ1) is 12.1. The van der Waals surface area contributed by atoms with Crippen molar-refractivity contribution in [2.24, 2.45) is 5.92 Å². The first-order valence-corrected chi connectivity index (χ1v) is 9.17. The van der Waals surface area contributed by atoms with Crippen LogP contribution in [-0.2, 0) is 4.79 Å². The molecule has 1 aliphatic carbocycles. The van der Waals surface area contributed by atoms with Crippen LogP contribution in [0.2, 0.25) is 0 Å². The zero-order chi connectivity index (χ0) is 19.5. The van der Waals surface area contributed by atoms with Crippen molar-refractivity contribution in [3.63, 3.8) is 0 Å². The van der Waals surface area contributed by atoms with Crippen LogP contribution in [-0.4, -0.2) is 23.7 Å². The third-order valence-electron chi connectivity index (χ3n) is 4.25. The highest BCUT2D eigenvalue weighted by Crippen LogP contribution is 2.36. The van der Waals surface area contributed by atoms with E-state index in [4.69, 9.17) is 5.26 Å². The van der Waals surface area contributed by atoms with Crippen LogP contribution in [0.5, 0.6) is 0 Å². The highest BCUT2D eigenvalue weighted by Gasteiger charge is 2.47. The molecular weight excluding hydrogens is 411 g/mol. The summed E-state index contributed by atoms with van der Waals surface area (Å²) in [4.78, 5) is 12.5. The van der Waals surface area contributed by atoms with Crippen LogP contribution in [0.15, 0.2) is 28.7 Å². The summed E-state index contributed by atoms with van der Waals surface area (Å²) in [6, 6.07) is 4.81. The molecule has 2 unspecified atom stereocenters. The van der Waals surface area contributed by atoms with Gasteiger partial charge in [-0.25, -0.2) is 0 Å². The van der Waals surface area contributed by atoms with Crippen molar-refractivity contribution in [1.29, 1.82) is 5.26 Å². The maximum Gasteiger partial charge on any atom is 0.407 e. The second kappa shape index (κ2) is 7.97. The molecule has 1 fully saturated rings. The van der Waals surface area contributed by atoms with Gasteiger partial charge in [0.25, 0.3) is 0 Å². The number of nitrogens with zero attached hydrogens (tertiary/aromatic N) is 1. The van der Waals surface area contributed by atoms with Gasteiger partial charge in [-0.05, 0) is 42.9 Å². The van der Waals surface area contributed by atoms with Gasteiger partial charge in [-0.1, -0.05) is 41.9 Å². The third-order valence-corrected chi connectivity index (χ3v) is 4.78. The van der Waals surface area contributed by atoms with E-state index >= 15 is 0 Å². The predicted molar refractivity (Wildman–Crippen MR) is 95.0 cm³/mol. The molecule has 1 aromatic rings. The van der Waals surface area contributed by atoms with Gasteiger partial charge in [0.1, 0.15) is 11.6 Å². The Morgan fingerprint density at radius 3 is 2.31 bits per heavy atom. The molecule has 4 nitrogen and oxygen atoms in total. The SMILES string of the molecule is CC(C)CC(NC(c1ccc(Br)cc1)C(F)(F)F)C(=O)NC1(C#N)CC1. The quantitative estimate of drug-likeness (QED) is 0.678. The van der Waals surface area contributed by atoms with Crippen LogP contribution < -0.4 is 10.6 Å². The lowest BCUT2D eigenvalue weighted by atomic mass is 9.99. The van der Waals surface area contributed by atoms with E-state index in [1.807, 2.05) is 19.9 Å². The molecular formula is C18H21BrF3N3O. The lowest BCUT2D eigenvalue weighted by molar-refractivity contribution is -0.161. The number of benzene rings is 1. The average molecular weight is 432 g/mol. The normalized spacial score (nSPS) is 18.1. The van der Waals surface area contributed by atoms with E-state index in [1.54, 1.807) is 0 Å². The number of nitrogens with one attached hydrogen (secondary N) is 2. The molecule has 0 aliphatic heterocycles. The molecule has 0 aromatic heterocycles. The fraction of sp³-hybridized carbons (Fsp3) is 0.556. The van der Waals surface area contributed by atoms with Crippen molar-refractivity contribution in [3.8, 4) is 6.07 Å². The molecule has 0 saturated heterocycles. The van der Waals surface area contributed by atoms with Gasteiger partial charge in [-0.3, -0.25) is 10.1 Å². The number of hydrogen-bond donors (Lipinski definition) is 2. The Bertz CT molecular complexity index is 678. The number of halogens is 4. The van der Waals surface area contributed by atoms with E-state index in [-0.39, 0.29) is 17.9 Å². The number of hydrogen-bond acceptors (Lipinski definition) is 3. The minimum Gasteiger partial charge on any atom is -0.336 e. The molecule has 2 atom stereocenters. The van der Waals surface area contributed by atoms with Gasteiger partial charge in [-0.2, -0.15) is 18.4 Å². The summed E-state index contributed by atoms with van der Waals surface area (Å²) < 4.78 is 41.5. The second-order valence-corrected chi connectivity index (χ2v) is 7.97. The Labute approximate surface area is 159 Å². The van der Waals surface area contributed by atoms with Gasteiger partial charge in [-0.15, -0.1) is 0 Å². The number of amides is 1. The minimum atomic E-state index is -4.56. The van der Waals surface area contributed by atoms with Crippen LogP contribution in [0.25, 0.3) is 0 Å². The van der Waals surface area contributed by atoms with Gasteiger partial charge in [0.15, 0.2) is 0 Å². The number of alkyl halides is 3. The van der Waals surface area contributed by atoms with Crippen LogP contribution in [0.4, 0.5) is 13.2 Å². The number of nitriles is 1. The van der Waals surface area contributed by atoms with Crippen molar-refractivity contribution < 1.29 is 18.0 Å². The predicted octanol–water partition coefficient (Wildman–Crippen LogP) is 4.23. The molecule has 1 aromatic carbocycles. The van der Waals surface area contributed by atoms with Crippen LogP contribution >= 0.6 is 15.9 Å². The van der Waals surface area contributed by atoms with Gasteiger partial charge < -0.3 is 5.32 Å². The molecule has 8 heteroatoms. The third kappa shape index (κ3) is 5.45. The molecule has 2 rings (SSSR count). The summed E-state index contributed by atoms with van der Waals surface area (Å²) in [6.07, 6.45) is -3.27. The monoisotopic (exact) mass is 431 g/mol. The summed E-state index contributed by atoms with van der Waals surface area (Å²) in [7, 11) is 0. The van der Waals surface area contributed by atoms with Gasteiger partial charge in [0.05, 0.1) is 12.1 Å². The summed E-state index contributed by atoms with van der Waals surface area (Å²) >= 11 is 3.20. The Morgan fingerprint density at radius 2 is 1.88 bits per heavy atom. The van der Waals surface area contributed by atoms with Crippen molar-refractivity contribution in [3.05, 3.63) is 34.3 Å². The summed E-state index contributed by atoms with van der Waals surface area (Å²) in [5, 5.41) is 14.2. The largest absolute Gasteiger partial charge is 0.407 e. The first kappa shape index (κ1) is 20.7. The number of rotatable bonds is 7. The summed E-state index contributed by atoms with van der Waals surface area (Å²) in [6.45, 7) is 3.67. The van der Waals surface area contributed by atoms with Crippen molar-refractivity contribution >= 4 is 21.8 Å². The van der Waals surface area contributed by atoms with E-state index in [0.29, 0.717) is 17.3 Å². The summed E-state index contributed by atoms with van der Waals surface area (Å²) in [5.74, 6) is -0.557. The fourth-order valence-electron chi connectivity index (χ4n) is 2.67. The molecule has 1 saturated carbocycles. The lowest BCUT2D eigenvalue weighted by Crippen LogP contribution is -2.52. The molecule has 26 heavy (non-hydrogen) atoms. The van der Waals surface area contributed by atoms with Crippen molar-refractivity contribution in [2.75, 3.05) is 0 Å². The van der Waals surface area contributed by atoms with E-state index < -0.39 is 29.7 Å². The standard InChI is InChI=1S/C18H21BrF3N3O/c1-11(2)9-14(16(26)25-17(10-23)7-8-17)24-15(18(20,21)22)12-3-5-13(19)6-4-12/h3-6,11,14-15,24H,7-9H2,1-2H3,(H,25,26).